The lowest BCUT2D eigenvalue weighted by molar-refractivity contribution is -0.140. The molecule has 2 amide bonds. The summed E-state index contributed by atoms with van der Waals surface area (Å²) in [5.74, 6) is -0.822. The van der Waals surface area contributed by atoms with Crippen LogP contribution < -0.4 is 5.73 Å². The minimum absolute atomic E-state index is 0.0205. The Morgan fingerprint density at radius 2 is 2.27 bits per heavy atom. The highest BCUT2D eigenvalue weighted by atomic mass is 16.2. The maximum atomic E-state index is 10.9. The third-order valence-electron chi connectivity index (χ3n) is 1.54. The summed E-state index contributed by atoms with van der Waals surface area (Å²) in [6.45, 7) is -0.175. The molecule has 5 nitrogen and oxygen atoms in total. The first kappa shape index (κ1) is 7.87. The van der Waals surface area contributed by atoms with Gasteiger partial charge in [-0.1, -0.05) is 0 Å². The van der Waals surface area contributed by atoms with Crippen LogP contribution in [-0.2, 0) is 14.4 Å². The van der Waals surface area contributed by atoms with E-state index in [9.17, 15) is 14.4 Å². The maximum absolute atomic E-state index is 10.9. The minimum atomic E-state index is -0.748. The summed E-state index contributed by atoms with van der Waals surface area (Å²) in [6.07, 6.45) is 0.528. The van der Waals surface area contributed by atoms with Crippen LogP contribution in [0.2, 0.25) is 0 Å². The zero-order valence-corrected chi connectivity index (χ0v) is 5.82. The van der Waals surface area contributed by atoms with Crippen LogP contribution in [0.25, 0.3) is 0 Å². The molecule has 1 heterocycles. The fourth-order valence-electron chi connectivity index (χ4n) is 0.975. The van der Waals surface area contributed by atoms with Gasteiger partial charge < -0.3 is 10.5 Å². The Labute approximate surface area is 63.1 Å². The smallest absolute Gasteiger partial charge is 0.247 e. The first-order valence-electron chi connectivity index (χ1n) is 3.20. The van der Waals surface area contributed by atoms with Crippen LogP contribution in [0, 0.1) is 0 Å². The van der Waals surface area contributed by atoms with Crippen molar-refractivity contribution in [2.75, 3.05) is 6.54 Å². The molecule has 60 valence electrons. The highest BCUT2D eigenvalue weighted by molar-refractivity contribution is 6.06. The van der Waals surface area contributed by atoms with Crippen LogP contribution in [0.1, 0.15) is 6.42 Å². The third-order valence-corrected chi connectivity index (χ3v) is 1.54. The molecule has 1 unspecified atom stereocenters. The van der Waals surface area contributed by atoms with Gasteiger partial charge in [0.2, 0.25) is 11.8 Å². The van der Waals surface area contributed by atoms with Crippen molar-refractivity contribution in [1.82, 2.24) is 4.90 Å². The molecule has 0 spiro atoms. The minimum Gasteiger partial charge on any atom is -0.319 e. The second-order valence-corrected chi connectivity index (χ2v) is 2.32. The Kier molecular flexibility index (Phi) is 2.00. The van der Waals surface area contributed by atoms with Crippen molar-refractivity contribution in [1.29, 1.82) is 0 Å². The number of carbonyl (C=O) groups is 3. The average molecular weight is 156 g/mol. The number of nitrogens with two attached hydrogens (primary N) is 1. The summed E-state index contributed by atoms with van der Waals surface area (Å²) in [5, 5.41) is 0. The quantitative estimate of drug-likeness (QED) is 0.380. The highest BCUT2D eigenvalue weighted by Crippen LogP contribution is 2.09. The molecule has 1 aliphatic heterocycles. The van der Waals surface area contributed by atoms with E-state index in [-0.39, 0.29) is 18.9 Å². The lowest BCUT2D eigenvalue weighted by atomic mass is 10.3. The van der Waals surface area contributed by atoms with Gasteiger partial charge in [-0.3, -0.25) is 14.5 Å². The predicted molar refractivity (Wildman–Crippen MR) is 35.4 cm³/mol. The van der Waals surface area contributed by atoms with Crippen LogP contribution in [-0.4, -0.2) is 35.6 Å². The van der Waals surface area contributed by atoms with Gasteiger partial charge in [-0.25, -0.2) is 0 Å². The molecule has 5 heteroatoms. The zero-order valence-electron chi connectivity index (χ0n) is 5.82. The van der Waals surface area contributed by atoms with Crippen molar-refractivity contribution in [2.45, 2.75) is 12.5 Å². The number of nitrogens with zero attached hydrogens (tertiary/aromatic N) is 1. The molecule has 0 aromatic rings. The monoisotopic (exact) mass is 156 g/mol. The fourth-order valence-corrected chi connectivity index (χ4v) is 0.975. The lowest BCUT2D eigenvalue weighted by Gasteiger charge is -2.08. The summed E-state index contributed by atoms with van der Waals surface area (Å²) in [5.41, 5.74) is 5.26. The Morgan fingerprint density at radius 3 is 2.64 bits per heavy atom. The van der Waals surface area contributed by atoms with Crippen molar-refractivity contribution in [3.05, 3.63) is 0 Å². The molecule has 1 rings (SSSR count). The predicted octanol–water partition coefficient (Wildman–Crippen LogP) is -1.73. The molecule has 0 aromatic carbocycles. The standard InChI is InChI=1S/C6H8N2O3/c7-4-3-5(10)8(1-2-9)6(4)11/h2,4H,1,3,7H2. The van der Waals surface area contributed by atoms with Crippen LogP contribution in [0.3, 0.4) is 0 Å². The van der Waals surface area contributed by atoms with Gasteiger partial charge in [-0.15, -0.1) is 0 Å². The normalized spacial score (nSPS) is 24.5. The van der Waals surface area contributed by atoms with Gasteiger partial charge in [0, 0.05) is 0 Å². The highest BCUT2D eigenvalue weighted by Gasteiger charge is 2.35. The van der Waals surface area contributed by atoms with E-state index in [0.29, 0.717) is 6.29 Å². The fraction of sp³-hybridized carbons (Fsp3) is 0.500. The molecule has 11 heavy (non-hydrogen) atoms. The molecule has 1 saturated heterocycles. The summed E-state index contributed by atoms with van der Waals surface area (Å²) >= 11 is 0. The Hall–Kier alpha value is -1.23. The van der Waals surface area contributed by atoms with E-state index in [1.165, 1.54) is 0 Å². The van der Waals surface area contributed by atoms with Crippen molar-refractivity contribution >= 4 is 18.1 Å². The molecular weight excluding hydrogens is 148 g/mol. The van der Waals surface area contributed by atoms with Crippen LogP contribution >= 0.6 is 0 Å². The number of imide groups is 1. The van der Waals surface area contributed by atoms with Gasteiger partial charge in [0.15, 0.2) is 0 Å². The number of rotatable bonds is 2. The number of hydrogen-bond acceptors (Lipinski definition) is 4. The van der Waals surface area contributed by atoms with Gasteiger partial charge in [0.1, 0.15) is 6.29 Å². The average Bonchev–Trinajstić information content (AvgIpc) is 2.17. The Morgan fingerprint density at radius 1 is 1.64 bits per heavy atom. The van der Waals surface area contributed by atoms with Crippen LogP contribution in [0.5, 0.6) is 0 Å². The number of aldehydes is 1. The molecule has 0 radical (unpaired) electrons. The summed E-state index contributed by atoms with van der Waals surface area (Å²) in [4.78, 5) is 32.6. The molecule has 1 fully saturated rings. The zero-order chi connectivity index (χ0) is 8.43. The second kappa shape index (κ2) is 2.79. The van der Waals surface area contributed by atoms with E-state index >= 15 is 0 Å². The molecular formula is C6H8N2O3. The third kappa shape index (κ3) is 1.27. The summed E-state index contributed by atoms with van der Waals surface area (Å²) in [6, 6.07) is -0.748. The van der Waals surface area contributed by atoms with E-state index in [2.05, 4.69) is 0 Å². The molecule has 0 aliphatic carbocycles. The van der Waals surface area contributed by atoms with Gasteiger partial charge >= 0.3 is 0 Å². The number of carbonyl (C=O) groups excluding carboxylic acids is 3. The maximum Gasteiger partial charge on any atom is 0.247 e. The van der Waals surface area contributed by atoms with E-state index in [1.54, 1.807) is 0 Å². The van der Waals surface area contributed by atoms with Gasteiger partial charge in [-0.05, 0) is 0 Å². The van der Waals surface area contributed by atoms with Crippen LogP contribution in [0.4, 0.5) is 0 Å². The largest absolute Gasteiger partial charge is 0.319 e. The Balaban J connectivity index is 2.71. The van der Waals surface area contributed by atoms with Crippen molar-refractivity contribution in [2.24, 2.45) is 5.73 Å². The number of hydrogen-bond donors (Lipinski definition) is 1. The van der Waals surface area contributed by atoms with Gasteiger partial charge in [0.25, 0.3) is 0 Å². The van der Waals surface area contributed by atoms with Gasteiger partial charge in [-0.2, -0.15) is 0 Å². The first-order valence-corrected chi connectivity index (χ1v) is 3.20. The molecule has 1 atom stereocenters. The van der Waals surface area contributed by atoms with E-state index < -0.39 is 11.9 Å². The Bertz CT molecular complexity index is 214. The second-order valence-electron chi connectivity index (χ2n) is 2.32. The van der Waals surface area contributed by atoms with Crippen molar-refractivity contribution in [3.8, 4) is 0 Å². The van der Waals surface area contributed by atoms with E-state index in [1.807, 2.05) is 0 Å². The molecule has 0 aromatic heterocycles. The molecule has 0 bridgehead atoms. The van der Waals surface area contributed by atoms with Gasteiger partial charge in [0.05, 0.1) is 19.0 Å². The SMILES string of the molecule is NC1CC(=O)N(CC=O)C1=O. The topological polar surface area (TPSA) is 80.5 Å². The van der Waals surface area contributed by atoms with E-state index in [4.69, 9.17) is 5.73 Å². The summed E-state index contributed by atoms with van der Waals surface area (Å²) in [7, 11) is 0. The van der Waals surface area contributed by atoms with Crippen LogP contribution in [0.15, 0.2) is 0 Å². The number of likely N-dealkylation sites (tertiary alicyclic amines) is 1. The molecule has 2 N–H and O–H groups in total. The van der Waals surface area contributed by atoms with Crippen molar-refractivity contribution < 1.29 is 14.4 Å². The first-order chi connectivity index (χ1) is 5.16. The number of amides is 2. The van der Waals surface area contributed by atoms with E-state index in [0.717, 1.165) is 4.90 Å². The van der Waals surface area contributed by atoms with Crippen molar-refractivity contribution in [3.63, 3.8) is 0 Å². The molecule has 1 aliphatic rings. The molecule has 0 saturated carbocycles. The lowest BCUT2D eigenvalue weighted by Crippen LogP contribution is -2.36. The summed E-state index contributed by atoms with van der Waals surface area (Å²) < 4.78 is 0.